The molecule has 1 saturated heterocycles. The maximum atomic E-state index is 3.72. The predicted molar refractivity (Wildman–Crippen MR) is 82.8 cm³/mol. The third-order valence-corrected chi connectivity index (χ3v) is 5.01. The molecule has 0 atom stereocenters. The first-order valence-corrected chi connectivity index (χ1v) is 7.74. The number of piperazine rings is 1. The lowest BCUT2D eigenvalue weighted by Gasteiger charge is -2.27. The lowest BCUT2D eigenvalue weighted by atomic mass is 10.2. The van der Waals surface area contributed by atoms with Crippen LogP contribution in [0.5, 0.6) is 0 Å². The summed E-state index contributed by atoms with van der Waals surface area (Å²) in [5, 5.41) is 3.40. The fraction of sp³-hybridized carbons (Fsp3) is 0.467. The van der Waals surface area contributed by atoms with E-state index in [1.165, 1.54) is 34.3 Å². The molecule has 3 heterocycles. The van der Waals surface area contributed by atoms with Crippen molar-refractivity contribution >= 4 is 21.4 Å². The van der Waals surface area contributed by atoms with E-state index in [9.17, 15) is 0 Å². The minimum Gasteiger partial charge on any atom is -0.319 e. The monoisotopic (exact) mass is 321 g/mol. The lowest BCUT2D eigenvalue weighted by Crippen LogP contribution is -2.44. The van der Waals surface area contributed by atoms with Gasteiger partial charge in [0.25, 0.3) is 0 Å². The number of rotatable bonds is 3. The summed E-state index contributed by atoms with van der Waals surface area (Å²) in [5.74, 6) is 0. The van der Waals surface area contributed by atoms with Gasteiger partial charge >= 0.3 is 0 Å². The SMILES string of the molecule is Cc1c(Br)c2ccccn2c1CCN1CCNCC1. The van der Waals surface area contributed by atoms with Crippen LogP contribution in [0.2, 0.25) is 0 Å². The van der Waals surface area contributed by atoms with Gasteiger partial charge in [-0.2, -0.15) is 0 Å². The van der Waals surface area contributed by atoms with Crippen molar-refractivity contribution in [3.05, 3.63) is 40.1 Å². The van der Waals surface area contributed by atoms with Crippen LogP contribution >= 0.6 is 15.9 Å². The first-order valence-electron chi connectivity index (χ1n) is 6.94. The molecular weight excluding hydrogens is 302 g/mol. The number of nitrogens with one attached hydrogen (secondary N) is 1. The van der Waals surface area contributed by atoms with Crippen LogP contribution in [-0.2, 0) is 6.42 Å². The molecule has 0 saturated carbocycles. The fourth-order valence-corrected chi connectivity index (χ4v) is 3.42. The van der Waals surface area contributed by atoms with E-state index in [2.05, 4.69) is 61.9 Å². The van der Waals surface area contributed by atoms with Crippen LogP contribution in [0.3, 0.4) is 0 Å². The van der Waals surface area contributed by atoms with Gasteiger partial charge in [0.2, 0.25) is 0 Å². The van der Waals surface area contributed by atoms with E-state index in [1.807, 2.05) is 0 Å². The van der Waals surface area contributed by atoms with Gasteiger partial charge in [-0.25, -0.2) is 0 Å². The largest absolute Gasteiger partial charge is 0.319 e. The Morgan fingerprint density at radius 2 is 2.05 bits per heavy atom. The van der Waals surface area contributed by atoms with Crippen molar-refractivity contribution in [2.75, 3.05) is 32.7 Å². The van der Waals surface area contributed by atoms with E-state index in [0.29, 0.717) is 0 Å². The molecule has 0 aromatic carbocycles. The first kappa shape index (κ1) is 13.2. The Kier molecular flexibility index (Phi) is 3.91. The van der Waals surface area contributed by atoms with Crippen LogP contribution in [0.4, 0.5) is 0 Å². The number of hydrogen-bond donors (Lipinski definition) is 1. The second-order valence-electron chi connectivity index (χ2n) is 5.18. The number of fused-ring (bicyclic) bond motifs is 1. The summed E-state index contributed by atoms with van der Waals surface area (Å²) in [6.45, 7) is 7.95. The Hall–Kier alpha value is -0.840. The first-order chi connectivity index (χ1) is 9.27. The molecule has 1 N–H and O–H groups in total. The smallest absolute Gasteiger partial charge is 0.0597 e. The van der Waals surface area contributed by atoms with Crippen LogP contribution in [0.25, 0.3) is 5.52 Å². The topological polar surface area (TPSA) is 19.7 Å². The molecule has 3 nitrogen and oxygen atoms in total. The second kappa shape index (κ2) is 5.65. The summed E-state index contributed by atoms with van der Waals surface area (Å²) >= 11 is 3.72. The highest BCUT2D eigenvalue weighted by Gasteiger charge is 2.15. The molecule has 2 aromatic rings. The van der Waals surface area contributed by atoms with Gasteiger partial charge in [-0.05, 0) is 40.5 Å². The summed E-state index contributed by atoms with van der Waals surface area (Å²) in [5.41, 5.74) is 4.08. The van der Waals surface area contributed by atoms with Crippen molar-refractivity contribution < 1.29 is 0 Å². The third-order valence-electron chi connectivity index (χ3n) is 4.01. The highest BCUT2D eigenvalue weighted by molar-refractivity contribution is 9.10. The van der Waals surface area contributed by atoms with Crippen molar-refractivity contribution in [1.82, 2.24) is 14.6 Å². The maximum absolute atomic E-state index is 3.72. The van der Waals surface area contributed by atoms with Gasteiger partial charge in [0.1, 0.15) is 0 Å². The number of nitrogens with zero attached hydrogens (tertiary/aromatic N) is 2. The molecule has 2 aromatic heterocycles. The van der Waals surface area contributed by atoms with Gasteiger partial charge in [-0.1, -0.05) is 6.07 Å². The van der Waals surface area contributed by atoms with Crippen LogP contribution in [0.1, 0.15) is 11.3 Å². The van der Waals surface area contributed by atoms with Crippen molar-refractivity contribution in [3.63, 3.8) is 0 Å². The van der Waals surface area contributed by atoms with Crippen LogP contribution in [0.15, 0.2) is 28.9 Å². The Bertz CT molecular complexity index is 570. The Labute approximate surface area is 122 Å². The highest BCUT2D eigenvalue weighted by atomic mass is 79.9. The minimum absolute atomic E-state index is 1.11. The van der Waals surface area contributed by atoms with Crippen molar-refractivity contribution in [2.45, 2.75) is 13.3 Å². The summed E-state index contributed by atoms with van der Waals surface area (Å²) in [6.07, 6.45) is 3.28. The Morgan fingerprint density at radius 1 is 1.26 bits per heavy atom. The molecule has 0 amide bonds. The molecule has 0 aliphatic carbocycles. The summed E-state index contributed by atoms with van der Waals surface area (Å²) in [6, 6.07) is 6.37. The van der Waals surface area contributed by atoms with Gasteiger partial charge in [-0.3, -0.25) is 0 Å². The average molecular weight is 322 g/mol. The molecule has 0 radical (unpaired) electrons. The fourth-order valence-electron chi connectivity index (χ4n) is 2.86. The molecule has 102 valence electrons. The van der Waals surface area contributed by atoms with E-state index in [0.717, 1.165) is 26.1 Å². The zero-order chi connectivity index (χ0) is 13.2. The maximum Gasteiger partial charge on any atom is 0.0597 e. The van der Waals surface area contributed by atoms with E-state index in [-0.39, 0.29) is 0 Å². The number of aromatic nitrogens is 1. The summed E-state index contributed by atoms with van der Waals surface area (Å²) in [4.78, 5) is 2.55. The highest BCUT2D eigenvalue weighted by Crippen LogP contribution is 2.28. The predicted octanol–water partition coefficient (Wildman–Crippen LogP) is 2.46. The van der Waals surface area contributed by atoms with E-state index >= 15 is 0 Å². The van der Waals surface area contributed by atoms with Gasteiger partial charge in [-0.15, -0.1) is 0 Å². The molecule has 3 rings (SSSR count). The van der Waals surface area contributed by atoms with Crippen molar-refractivity contribution in [2.24, 2.45) is 0 Å². The number of pyridine rings is 1. The van der Waals surface area contributed by atoms with Crippen molar-refractivity contribution in [1.29, 1.82) is 0 Å². The zero-order valence-corrected chi connectivity index (χ0v) is 12.9. The average Bonchev–Trinajstić information content (AvgIpc) is 2.71. The summed E-state index contributed by atoms with van der Waals surface area (Å²) in [7, 11) is 0. The molecule has 19 heavy (non-hydrogen) atoms. The summed E-state index contributed by atoms with van der Waals surface area (Å²) < 4.78 is 3.56. The van der Waals surface area contributed by atoms with Crippen molar-refractivity contribution in [3.8, 4) is 0 Å². The molecule has 4 heteroatoms. The lowest BCUT2D eigenvalue weighted by molar-refractivity contribution is 0.243. The molecule has 0 unspecified atom stereocenters. The minimum atomic E-state index is 1.11. The van der Waals surface area contributed by atoms with Crippen LogP contribution < -0.4 is 5.32 Å². The number of halogens is 1. The quantitative estimate of drug-likeness (QED) is 0.936. The Balaban J connectivity index is 1.82. The van der Waals surface area contributed by atoms with E-state index in [1.54, 1.807) is 0 Å². The molecule has 1 aliphatic heterocycles. The van der Waals surface area contributed by atoms with Crippen LogP contribution in [0, 0.1) is 6.92 Å². The molecular formula is C15H20BrN3. The molecule has 0 bridgehead atoms. The van der Waals surface area contributed by atoms with Gasteiger partial charge in [0.05, 0.1) is 5.52 Å². The molecule has 1 fully saturated rings. The molecule has 0 spiro atoms. The standard InChI is InChI=1S/C15H20BrN3/c1-12-13(5-9-18-10-6-17-7-11-18)19-8-3-2-4-14(19)15(12)16/h2-4,8,17H,5-7,9-11H2,1H3. The second-order valence-corrected chi connectivity index (χ2v) is 5.98. The Morgan fingerprint density at radius 3 is 2.84 bits per heavy atom. The van der Waals surface area contributed by atoms with E-state index < -0.39 is 0 Å². The van der Waals surface area contributed by atoms with Gasteiger partial charge in [0, 0.05) is 55.5 Å². The van der Waals surface area contributed by atoms with Gasteiger partial charge < -0.3 is 14.6 Å². The molecule has 1 aliphatic rings. The van der Waals surface area contributed by atoms with Gasteiger partial charge in [0.15, 0.2) is 0 Å². The van der Waals surface area contributed by atoms with Crippen LogP contribution in [-0.4, -0.2) is 42.0 Å². The third kappa shape index (κ3) is 2.57. The normalized spacial score (nSPS) is 17.2. The zero-order valence-electron chi connectivity index (χ0n) is 11.3. The number of hydrogen-bond acceptors (Lipinski definition) is 2. The van der Waals surface area contributed by atoms with E-state index in [4.69, 9.17) is 0 Å².